The molecule has 49 heavy (non-hydrogen) atoms. The van der Waals surface area contributed by atoms with Gasteiger partial charge in [0.2, 0.25) is 18.2 Å². The Balaban J connectivity index is 0. The van der Waals surface area contributed by atoms with Crippen molar-refractivity contribution in [3.63, 3.8) is 0 Å². The molecule has 1 aliphatic heterocycles. The number of guanidine groups is 2. The number of aliphatic imine (C=N–C) groups is 2. The van der Waals surface area contributed by atoms with Crippen LogP contribution in [0.4, 0.5) is 9.18 Å². The highest BCUT2D eigenvalue weighted by Crippen LogP contribution is 2.16. The van der Waals surface area contributed by atoms with Gasteiger partial charge in [-0.1, -0.05) is 58.0 Å². The van der Waals surface area contributed by atoms with E-state index in [4.69, 9.17) is 27.7 Å². The Morgan fingerprint density at radius 2 is 1.57 bits per heavy atom. The molecule has 1 aromatic rings. The first-order valence-electron chi connectivity index (χ1n) is 16.1. The first kappa shape index (κ1) is 46.2. The minimum absolute atomic E-state index is 0.0624. The maximum Gasteiger partial charge on any atom is 0.408 e. The van der Waals surface area contributed by atoms with Gasteiger partial charge in [0.25, 0.3) is 0 Å². The summed E-state index contributed by atoms with van der Waals surface area (Å²) in [7, 11) is 0. The molecule has 278 valence electrons. The molecule has 2 atom stereocenters. The fourth-order valence-corrected chi connectivity index (χ4v) is 3.79. The maximum absolute atomic E-state index is 12.4. The predicted octanol–water partition coefficient (Wildman–Crippen LogP) is 0.675. The fraction of sp³-hybridized carbons (Fsp3) is 0.594. The number of hydrogen-bond acceptors (Lipinski definition) is 8. The molecule has 0 aromatic heterocycles. The van der Waals surface area contributed by atoms with Gasteiger partial charge in [-0.2, -0.15) is 0 Å². The smallest absolute Gasteiger partial charge is 0.408 e. The summed E-state index contributed by atoms with van der Waals surface area (Å²) in [5.41, 5.74) is 20.9. The number of Topliss-reactive ketones (excluding diaryl/α,β-unsaturated/α-hetero) is 1. The number of benzene rings is 1. The van der Waals surface area contributed by atoms with Gasteiger partial charge in [0.15, 0.2) is 17.7 Å². The van der Waals surface area contributed by atoms with Crippen LogP contribution in [0.3, 0.4) is 0 Å². The average molecular weight is 697 g/mol. The maximum atomic E-state index is 12.4. The van der Waals surface area contributed by atoms with Crippen molar-refractivity contribution in [3.05, 3.63) is 35.9 Å². The van der Waals surface area contributed by atoms with E-state index < -0.39 is 24.6 Å². The van der Waals surface area contributed by atoms with Crippen molar-refractivity contribution < 1.29 is 33.1 Å². The summed E-state index contributed by atoms with van der Waals surface area (Å²) in [6.45, 7) is 10.8. The third-order valence-electron chi connectivity index (χ3n) is 6.29. The van der Waals surface area contributed by atoms with Crippen LogP contribution in [0.1, 0.15) is 65.9 Å². The van der Waals surface area contributed by atoms with Crippen molar-refractivity contribution in [2.24, 2.45) is 38.8 Å². The Morgan fingerprint density at radius 3 is 1.98 bits per heavy atom. The Labute approximate surface area is 289 Å². The largest absolute Gasteiger partial charge is 0.445 e. The van der Waals surface area contributed by atoms with Crippen molar-refractivity contribution in [2.45, 2.75) is 79.0 Å². The van der Waals surface area contributed by atoms with Gasteiger partial charge in [-0.3, -0.25) is 29.2 Å². The fourth-order valence-electron chi connectivity index (χ4n) is 3.79. The molecule has 1 saturated heterocycles. The Bertz CT molecular complexity index is 1130. The SMILES string of the molecule is CC(C)C(NC(=O)OCc1ccccc1)C(=O)NCC(=O)N1CCCC1C.CCCN=C(N)N.CCCN=C(N)N.O=CNCC(=O)CF. The zero-order valence-corrected chi connectivity index (χ0v) is 29.5. The van der Waals surface area contributed by atoms with E-state index in [-0.39, 0.29) is 55.4 Å². The number of nitrogens with two attached hydrogens (primary N) is 4. The van der Waals surface area contributed by atoms with Crippen LogP contribution in [0.15, 0.2) is 40.3 Å². The highest BCUT2D eigenvalue weighted by Gasteiger charge is 2.28. The molecule has 16 nitrogen and oxygen atoms in total. The average Bonchev–Trinajstić information content (AvgIpc) is 3.52. The summed E-state index contributed by atoms with van der Waals surface area (Å²) in [5, 5.41) is 7.26. The quantitative estimate of drug-likeness (QED) is 0.0766. The number of rotatable bonds is 15. The summed E-state index contributed by atoms with van der Waals surface area (Å²) in [6, 6.07) is 8.75. The number of ether oxygens (including phenoxy) is 1. The summed E-state index contributed by atoms with van der Waals surface area (Å²) in [4.78, 5) is 65.3. The zero-order valence-electron chi connectivity index (χ0n) is 29.5. The van der Waals surface area contributed by atoms with Gasteiger partial charge >= 0.3 is 6.09 Å². The lowest BCUT2D eigenvalue weighted by Crippen LogP contribution is -2.52. The monoisotopic (exact) mass is 696 g/mol. The molecule has 0 radical (unpaired) electrons. The third-order valence-corrected chi connectivity index (χ3v) is 6.29. The molecule has 0 spiro atoms. The first-order chi connectivity index (χ1) is 23.2. The summed E-state index contributed by atoms with van der Waals surface area (Å²) in [6.07, 6.45) is 3.67. The minimum Gasteiger partial charge on any atom is -0.445 e. The molecule has 0 aliphatic carbocycles. The number of nitrogens with one attached hydrogen (secondary N) is 3. The van der Waals surface area contributed by atoms with Gasteiger partial charge in [-0.25, -0.2) is 9.18 Å². The molecule has 2 rings (SSSR count). The first-order valence-corrected chi connectivity index (χ1v) is 16.1. The summed E-state index contributed by atoms with van der Waals surface area (Å²) in [5.74, 6) is -0.875. The molecular weight excluding hydrogens is 639 g/mol. The van der Waals surface area contributed by atoms with Crippen LogP contribution in [0.5, 0.6) is 0 Å². The highest BCUT2D eigenvalue weighted by molar-refractivity contribution is 5.89. The van der Waals surface area contributed by atoms with Crippen molar-refractivity contribution in [1.82, 2.24) is 20.9 Å². The second-order valence-electron chi connectivity index (χ2n) is 11.0. The number of hydrogen-bond donors (Lipinski definition) is 7. The lowest BCUT2D eigenvalue weighted by Gasteiger charge is -2.24. The molecule has 0 saturated carbocycles. The van der Waals surface area contributed by atoms with E-state index in [0.717, 1.165) is 50.9 Å². The van der Waals surface area contributed by atoms with Crippen molar-refractivity contribution >= 4 is 42.0 Å². The number of carbonyl (C=O) groups is 5. The number of amides is 4. The van der Waals surface area contributed by atoms with Crippen LogP contribution >= 0.6 is 0 Å². The number of halogens is 1. The van der Waals surface area contributed by atoms with Crippen LogP contribution in [0.2, 0.25) is 0 Å². The molecule has 1 heterocycles. The van der Waals surface area contributed by atoms with Crippen LogP contribution in [0, 0.1) is 5.92 Å². The predicted molar refractivity (Wildman–Crippen MR) is 189 cm³/mol. The molecule has 11 N–H and O–H groups in total. The van der Waals surface area contributed by atoms with Gasteiger partial charge in [0.05, 0.1) is 13.1 Å². The lowest BCUT2D eigenvalue weighted by atomic mass is 10.0. The van der Waals surface area contributed by atoms with Crippen LogP contribution in [0.25, 0.3) is 0 Å². The molecule has 2 unspecified atom stereocenters. The normalized spacial score (nSPS) is 13.3. The third kappa shape index (κ3) is 25.8. The Hall–Kier alpha value is -4.96. The van der Waals surface area contributed by atoms with E-state index in [2.05, 4.69) is 20.6 Å². The van der Waals surface area contributed by atoms with Gasteiger partial charge in [0, 0.05) is 25.7 Å². The lowest BCUT2D eigenvalue weighted by molar-refractivity contribution is -0.134. The zero-order chi connectivity index (χ0) is 37.6. The Morgan fingerprint density at radius 1 is 1.00 bits per heavy atom. The van der Waals surface area contributed by atoms with Crippen molar-refractivity contribution in [2.75, 3.05) is 39.4 Å². The summed E-state index contributed by atoms with van der Waals surface area (Å²) >= 11 is 0. The van der Waals surface area contributed by atoms with Crippen LogP contribution in [-0.2, 0) is 30.5 Å². The van der Waals surface area contributed by atoms with Gasteiger partial charge < -0.3 is 48.5 Å². The van der Waals surface area contributed by atoms with E-state index in [1.54, 1.807) is 4.90 Å². The van der Waals surface area contributed by atoms with Crippen molar-refractivity contribution in [1.29, 1.82) is 0 Å². The van der Waals surface area contributed by atoms with Crippen molar-refractivity contribution in [3.8, 4) is 0 Å². The summed E-state index contributed by atoms with van der Waals surface area (Å²) < 4.78 is 16.4. The topological polar surface area (TPSA) is 263 Å². The number of likely N-dealkylation sites (tertiary alicyclic amines) is 1. The number of ketones is 1. The van der Waals surface area contributed by atoms with E-state index in [0.29, 0.717) is 6.41 Å². The highest BCUT2D eigenvalue weighted by atomic mass is 19.1. The second-order valence-corrected chi connectivity index (χ2v) is 11.0. The Kier molecular flexibility index (Phi) is 27.5. The van der Waals surface area contributed by atoms with E-state index in [1.165, 1.54) is 0 Å². The second kappa shape index (κ2) is 29.2. The minimum atomic E-state index is -1.01. The number of carbonyl (C=O) groups excluding carboxylic acids is 5. The molecular formula is C32H57FN10O6. The molecule has 1 aromatic carbocycles. The number of alkyl halides is 1. The number of nitrogens with zero attached hydrogens (tertiary/aromatic N) is 3. The van der Waals surface area contributed by atoms with E-state index in [1.807, 2.05) is 70.3 Å². The molecule has 0 bridgehead atoms. The number of alkyl carbamates (subject to hydrolysis) is 1. The van der Waals surface area contributed by atoms with Gasteiger partial charge in [0.1, 0.15) is 19.3 Å². The molecule has 1 aliphatic rings. The molecule has 4 amide bonds. The van der Waals surface area contributed by atoms with Crippen LogP contribution in [-0.4, -0.2) is 98.4 Å². The van der Waals surface area contributed by atoms with E-state index in [9.17, 15) is 28.4 Å². The van der Waals surface area contributed by atoms with Crippen LogP contribution < -0.4 is 38.9 Å². The van der Waals surface area contributed by atoms with E-state index >= 15 is 0 Å². The molecule has 1 fully saturated rings. The molecule has 17 heteroatoms. The van der Waals surface area contributed by atoms with Gasteiger partial charge in [-0.15, -0.1) is 0 Å². The van der Waals surface area contributed by atoms with Gasteiger partial charge in [-0.05, 0) is 44.1 Å². The standard InChI is InChI=1S/C20H29N3O4.C4H6FNO2.2C4H11N3/c1-14(2)18(22-20(26)27-13-16-9-5-4-6-10-16)19(25)21-12-17(24)23-11-7-8-15(23)3;5-1-4(8)2-6-3-7;2*1-2-3-7-4(5)6/h4-6,9-10,14-15,18H,7-8,11-13H2,1-3H3,(H,21,25)(H,22,26);3H,1-2H2,(H,6,7);2*2-3H2,1H3,(H4,5,6,7).